The van der Waals surface area contributed by atoms with Gasteiger partial charge < -0.3 is 37.3 Å². The number of nitrogens with two attached hydrogens (primary N) is 3. The zero-order valence-electron chi connectivity index (χ0n) is 59.1. The molecule has 1 amide bonds. The number of rotatable bonds is 16. The van der Waals surface area contributed by atoms with Crippen molar-refractivity contribution in [2.45, 2.75) is 82.3 Å². The van der Waals surface area contributed by atoms with Crippen molar-refractivity contribution in [3.63, 3.8) is 0 Å². The van der Waals surface area contributed by atoms with Gasteiger partial charge in [-0.05, 0) is 173 Å². The van der Waals surface area contributed by atoms with Gasteiger partial charge in [-0.15, -0.1) is 30.6 Å². The molecule has 1 fully saturated rings. The Morgan fingerprint density at radius 1 is 0.532 bits per heavy atom. The number of halogens is 9. The van der Waals surface area contributed by atoms with Gasteiger partial charge in [-0.1, -0.05) is 70.4 Å². The lowest BCUT2D eigenvalue weighted by atomic mass is 10.0. The molecule has 8 N–H and O–H groups in total. The minimum Gasteiger partial charge on any atom is -0.478 e. The van der Waals surface area contributed by atoms with E-state index < -0.39 is 58.9 Å². The fourth-order valence-corrected chi connectivity index (χ4v) is 12.9. The largest absolute Gasteiger partial charge is 0.478 e. The summed E-state index contributed by atoms with van der Waals surface area (Å²) >= 11 is 3.95. The molecule has 0 bridgehead atoms. The quantitative estimate of drug-likeness (QED) is 0.0443. The molecule has 0 aliphatic carbocycles. The number of likely N-dealkylation sites (N-methyl/N-ethyl adjacent to an activating group) is 1. The van der Waals surface area contributed by atoms with Gasteiger partial charge in [0.1, 0.15) is 45.9 Å². The third kappa shape index (κ3) is 22.9. The molecule has 111 heavy (non-hydrogen) atoms. The number of benzene rings is 7. The molecule has 0 radical (unpaired) electrons. The number of carbonyl (C=O) groups excluding carboxylic acids is 1. The number of carboxylic acids is 1. The Balaban J connectivity index is 0.000000146. The Hall–Kier alpha value is -11.8. The number of aromatic carboxylic acids is 1. The molecule has 7 aromatic heterocycles. The maximum absolute atomic E-state index is 13.1. The number of fused-ring (bicyclic) bond motifs is 4. The molecule has 36 heteroatoms. The Labute approximate surface area is 638 Å². The van der Waals surface area contributed by atoms with Crippen molar-refractivity contribution in [3.8, 4) is 31.7 Å². The van der Waals surface area contributed by atoms with E-state index in [4.69, 9.17) is 27.0 Å². The summed E-state index contributed by atoms with van der Waals surface area (Å²) in [6, 6.07) is 36.9. The third-order valence-corrected chi connectivity index (χ3v) is 19.1. The highest BCUT2D eigenvalue weighted by atomic mass is 32.1. The molecule has 1 saturated heterocycles. The molecular formula is C75H67F9N20O4S3. The van der Waals surface area contributed by atoms with Gasteiger partial charge in [-0.3, -0.25) is 0 Å². The summed E-state index contributed by atoms with van der Waals surface area (Å²) in [7, 11) is 2.01. The molecule has 24 nitrogen and oxygen atoms in total. The highest BCUT2D eigenvalue weighted by Crippen LogP contribution is 2.36. The topological polar surface area (TPSA) is 340 Å². The van der Waals surface area contributed by atoms with E-state index in [0.29, 0.717) is 39.8 Å². The number of hydrogen-bond donors (Lipinski definition) is 5. The molecule has 8 heterocycles. The number of hydrogen-bond acceptors (Lipinski definition) is 25. The lowest BCUT2D eigenvalue weighted by molar-refractivity contribution is -0.138. The van der Waals surface area contributed by atoms with Gasteiger partial charge in [0.15, 0.2) is 0 Å². The first-order valence-corrected chi connectivity index (χ1v) is 36.0. The normalized spacial score (nSPS) is 13.9. The minimum atomic E-state index is -4.41. The first-order chi connectivity index (χ1) is 52.8. The van der Waals surface area contributed by atoms with Gasteiger partial charge in [0.2, 0.25) is 15.4 Å². The number of nitrogens with zero attached hydrogens (tertiary/aromatic N) is 16. The van der Waals surface area contributed by atoms with Crippen molar-refractivity contribution >= 4 is 105 Å². The summed E-state index contributed by atoms with van der Waals surface area (Å²) in [4.78, 5) is 59.5. The van der Waals surface area contributed by atoms with E-state index in [1.807, 2.05) is 61.6 Å². The van der Waals surface area contributed by atoms with Crippen LogP contribution in [0.25, 0.3) is 75.3 Å². The molecule has 1 aliphatic heterocycles. The number of carboxylic acid groups (broad SMARTS) is 1. The van der Waals surface area contributed by atoms with E-state index in [2.05, 4.69) is 80.7 Å². The molecule has 0 saturated carbocycles. The van der Waals surface area contributed by atoms with Gasteiger partial charge >= 0.3 is 30.6 Å². The Kier molecular flexibility index (Phi) is 25.5. The zero-order valence-corrected chi connectivity index (χ0v) is 61.6. The molecule has 15 rings (SSSR count). The summed E-state index contributed by atoms with van der Waals surface area (Å²) in [5, 5.41) is 43.4. The summed E-state index contributed by atoms with van der Waals surface area (Å²) in [5.74, 6) is -0.939. The Morgan fingerprint density at radius 2 is 0.928 bits per heavy atom. The van der Waals surface area contributed by atoms with Crippen molar-refractivity contribution in [3.05, 3.63) is 235 Å². The number of ether oxygens (including phenoxy) is 1. The molecule has 7 aromatic carbocycles. The predicted molar refractivity (Wildman–Crippen MR) is 406 cm³/mol. The average Bonchev–Trinajstić information content (AvgIpc) is 1.67. The van der Waals surface area contributed by atoms with E-state index in [-0.39, 0.29) is 29.7 Å². The van der Waals surface area contributed by atoms with Gasteiger partial charge in [0.05, 0.1) is 44.3 Å². The summed E-state index contributed by atoms with van der Waals surface area (Å²) in [6.07, 6.45) is 0.646. The molecule has 1 unspecified atom stereocenters. The summed E-state index contributed by atoms with van der Waals surface area (Å²) in [5.41, 5.74) is 23.8. The second-order valence-corrected chi connectivity index (χ2v) is 29.0. The fourth-order valence-electron chi connectivity index (χ4n) is 10.7. The third-order valence-electron chi connectivity index (χ3n) is 16.4. The highest BCUT2D eigenvalue weighted by molar-refractivity contribution is 7.19. The van der Waals surface area contributed by atoms with Crippen LogP contribution >= 0.6 is 34.0 Å². The SMILES string of the molecule is CC(C)(C)OC(=O)N(C[C@@H](N)Cc1ccc(C(F)(F)F)cc1)c1nnc(-c2ccc3ncncc3c2)s1.CN1C[C@@H]1Cc1ccc(C(F)(F)F)cc1.N[C@H](CNc1nnc(-c2ccc3ncncc3c2)s1)Cc1ccc(C(F)(F)F)cc1.Nc1nnc(-c2ccc3ncncc3c2)s1.O=C(O)c1ccc2ncncc2c1. The van der Waals surface area contributed by atoms with Crippen LogP contribution in [0.3, 0.4) is 0 Å². The van der Waals surface area contributed by atoms with Crippen molar-refractivity contribution in [1.29, 1.82) is 0 Å². The van der Waals surface area contributed by atoms with Crippen LogP contribution in [0.15, 0.2) is 196 Å². The van der Waals surface area contributed by atoms with Crippen LogP contribution in [-0.4, -0.2) is 143 Å². The van der Waals surface area contributed by atoms with Crippen LogP contribution in [-0.2, 0) is 42.5 Å². The highest BCUT2D eigenvalue weighted by Gasteiger charge is 2.34. The standard InChI is InChI=1S/C25H25F3N6O2S.C20H17F3N6S.C11H12F3N.C10H7N5S.C9H6N2O2/c1-24(2,3)36-23(35)34(13-19(29)10-15-4-7-18(8-5-15)25(26,27)28)22-33-32-21(37-22)16-6-9-20-17(11-16)12-30-14-31-20;21-20(22,23)15-4-1-12(2-5-15)7-16(24)10-26-19-29-28-18(30-19)13-3-6-17-14(8-13)9-25-11-27-17;1-15-7-10(15)6-8-2-4-9(5-3-8)11(12,13)14;11-10-15-14-9(16-10)6-1-2-8-7(3-6)4-12-5-13-8;12-9(13)6-1-2-8-7(3-6)4-10-5-11-8/h4-9,11-12,14,19H,10,13,29H2,1-3H3;1-6,8-9,11,16H,7,10,24H2,(H,26,29);2-5,10H,6-7H2,1H3;1-5H,(H2,11,15);1-5H,(H,12,13)/t19-;16-;10-,15?;;/m000../s1. The number of carbonyl (C=O) groups is 2. The van der Waals surface area contributed by atoms with Gasteiger partial charge in [-0.2, -0.15) is 39.5 Å². The second kappa shape index (κ2) is 35.2. The number of anilines is 3. The van der Waals surface area contributed by atoms with E-state index in [0.717, 1.165) is 131 Å². The summed E-state index contributed by atoms with van der Waals surface area (Å²) in [6.45, 7) is 6.72. The first kappa shape index (κ1) is 80.2. The smallest absolute Gasteiger partial charge is 0.416 e. The van der Waals surface area contributed by atoms with Crippen molar-refractivity contribution in [2.75, 3.05) is 42.6 Å². The fraction of sp³-hybridized carbons (Fsp3) is 0.227. The van der Waals surface area contributed by atoms with Crippen LogP contribution < -0.4 is 27.4 Å². The van der Waals surface area contributed by atoms with Crippen LogP contribution in [0.2, 0.25) is 0 Å². The first-order valence-electron chi connectivity index (χ1n) is 33.6. The van der Waals surface area contributed by atoms with Gasteiger partial charge in [-0.25, -0.2) is 54.4 Å². The maximum Gasteiger partial charge on any atom is 0.416 e. The second-order valence-electron chi connectivity index (χ2n) is 26.0. The number of nitrogens with one attached hydrogen (secondary N) is 1. The zero-order chi connectivity index (χ0) is 79.2. The Bertz CT molecular complexity index is 5480. The number of nitrogen functional groups attached to an aromatic ring is 1. The van der Waals surface area contributed by atoms with Gasteiger partial charge in [0, 0.05) is 101 Å². The monoisotopic (exact) mass is 1580 g/mol. The van der Waals surface area contributed by atoms with E-state index in [1.165, 1.54) is 94.6 Å². The molecule has 572 valence electrons. The molecule has 4 atom stereocenters. The van der Waals surface area contributed by atoms with Crippen LogP contribution in [0.1, 0.15) is 64.5 Å². The van der Waals surface area contributed by atoms with E-state index in [1.54, 1.807) is 69.8 Å². The molecule has 1 aliphatic rings. The van der Waals surface area contributed by atoms with Crippen molar-refractivity contribution < 1.29 is 58.9 Å². The van der Waals surface area contributed by atoms with Crippen LogP contribution in [0.4, 0.5) is 59.7 Å². The Morgan fingerprint density at radius 3 is 1.34 bits per heavy atom. The number of aromatic nitrogens is 14. The lowest BCUT2D eigenvalue weighted by Crippen LogP contribution is -2.44. The molecule has 14 aromatic rings. The minimum absolute atomic E-state index is 0.0239. The summed E-state index contributed by atoms with van der Waals surface area (Å²) < 4.78 is 119. The molecular weight excluding hydrogens is 1510 g/mol. The number of amides is 1. The van der Waals surface area contributed by atoms with E-state index in [9.17, 15) is 49.1 Å². The van der Waals surface area contributed by atoms with Crippen molar-refractivity contribution in [2.24, 2.45) is 11.5 Å². The van der Waals surface area contributed by atoms with Crippen molar-refractivity contribution in [1.82, 2.24) is 75.4 Å². The predicted octanol–water partition coefficient (Wildman–Crippen LogP) is 15.2. The van der Waals surface area contributed by atoms with E-state index >= 15 is 0 Å². The lowest BCUT2D eigenvalue weighted by Gasteiger charge is -2.27. The van der Waals surface area contributed by atoms with Crippen LogP contribution in [0, 0.1) is 0 Å². The van der Waals surface area contributed by atoms with Crippen LogP contribution in [0.5, 0.6) is 0 Å². The van der Waals surface area contributed by atoms with Gasteiger partial charge in [0.25, 0.3) is 0 Å². The number of alkyl halides is 9. The molecule has 0 spiro atoms. The average molecular weight is 1580 g/mol. The maximum atomic E-state index is 13.1.